The molecule has 0 aliphatic heterocycles. The minimum atomic E-state index is -0.502. The van der Waals surface area contributed by atoms with Crippen LogP contribution >= 0.6 is 0 Å². The number of hydrogen-bond donors (Lipinski definition) is 2. The number of nitrogens with one attached hydrogen (secondary N) is 2. The van der Waals surface area contributed by atoms with Crippen molar-refractivity contribution in [1.29, 1.82) is 0 Å². The van der Waals surface area contributed by atoms with Gasteiger partial charge in [0, 0.05) is 25.2 Å². The molecule has 0 atom stereocenters. The van der Waals surface area contributed by atoms with Crippen molar-refractivity contribution in [2.75, 3.05) is 10.6 Å². The first-order chi connectivity index (χ1) is 19.3. The van der Waals surface area contributed by atoms with Crippen LogP contribution in [0.15, 0.2) is 97.1 Å². The highest BCUT2D eigenvalue weighted by atomic mass is 16.5. The van der Waals surface area contributed by atoms with Crippen molar-refractivity contribution < 1.29 is 28.7 Å². The second kappa shape index (κ2) is 12.8. The molecule has 2 amide bonds. The number of carbonyl (C=O) groups is 4. The third-order valence-corrected chi connectivity index (χ3v) is 5.58. The molecule has 0 saturated heterocycles. The summed E-state index contributed by atoms with van der Waals surface area (Å²) in [6.07, 6.45) is 3.84. The zero-order chi connectivity index (χ0) is 28.5. The van der Waals surface area contributed by atoms with Gasteiger partial charge in [0.1, 0.15) is 11.5 Å². The van der Waals surface area contributed by atoms with Crippen LogP contribution in [0.3, 0.4) is 0 Å². The standard InChI is InChI=1S/C32H26N2O6/c1-21(35)39-29-9-5-3-7-27(29)31(37)33-25-17-13-23(14-18-25)11-12-24-15-19-26(20-16-24)34-32(38)28-8-4-6-10-30(28)40-22(2)36/h3-20H,1-2H3,(H,33,37)(H,34,38)/b12-11+. The van der Waals surface area contributed by atoms with Crippen molar-refractivity contribution in [1.82, 2.24) is 0 Å². The van der Waals surface area contributed by atoms with E-state index < -0.39 is 11.9 Å². The van der Waals surface area contributed by atoms with E-state index in [-0.39, 0.29) is 34.4 Å². The van der Waals surface area contributed by atoms with Gasteiger partial charge in [0.25, 0.3) is 11.8 Å². The van der Waals surface area contributed by atoms with Gasteiger partial charge in [-0.3, -0.25) is 19.2 Å². The third-order valence-electron chi connectivity index (χ3n) is 5.58. The normalized spacial score (nSPS) is 10.6. The Morgan fingerprint density at radius 2 is 0.875 bits per heavy atom. The van der Waals surface area contributed by atoms with Gasteiger partial charge in [-0.15, -0.1) is 0 Å². The first-order valence-electron chi connectivity index (χ1n) is 12.3. The predicted octanol–water partition coefficient (Wildman–Crippen LogP) is 6.21. The molecule has 8 heteroatoms. The highest BCUT2D eigenvalue weighted by molar-refractivity contribution is 6.07. The zero-order valence-electron chi connectivity index (χ0n) is 21.8. The van der Waals surface area contributed by atoms with Crippen molar-refractivity contribution >= 4 is 47.3 Å². The number of benzene rings is 4. The number of carbonyl (C=O) groups excluding carboxylic acids is 4. The fourth-order valence-corrected chi connectivity index (χ4v) is 3.74. The Bertz CT molecular complexity index is 1460. The third kappa shape index (κ3) is 7.52. The van der Waals surface area contributed by atoms with Crippen molar-refractivity contribution in [2.24, 2.45) is 0 Å². The fraction of sp³-hybridized carbons (Fsp3) is 0.0625. The van der Waals surface area contributed by atoms with Gasteiger partial charge < -0.3 is 20.1 Å². The maximum absolute atomic E-state index is 12.7. The fourth-order valence-electron chi connectivity index (χ4n) is 3.74. The Balaban J connectivity index is 1.36. The quantitative estimate of drug-likeness (QED) is 0.158. The van der Waals surface area contributed by atoms with Gasteiger partial charge in [-0.25, -0.2) is 0 Å². The van der Waals surface area contributed by atoms with Crippen molar-refractivity contribution in [3.8, 4) is 11.5 Å². The summed E-state index contributed by atoms with van der Waals surface area (Å²) in [6, 6.07) is 27.6. The summed E-state index contributed by atoms with van der Waals surface area (Å²) in [6.45, 7) is 2.56. The van der Waals surface area contributed by atoms with Gasteiger partial charge in [-0.1, -0.05) is 60.7 Å². The Kier molecular flexibility index (Phi) is 8.84. The van der Waals surface area contributed by atoms with Gasteiger partial charge in [-0.05, 0) is 59.7 Å². The van der Waals surface area contributed by atoms with Gasteiger partial charge in [0.2, 0.25) is 0 Å². The average Bonchev–Trinajstić information content (AvgIpc) is 2.93. The van der Waals surface area contributed by atoms with Gasteiger partial charge in [-0.2, -0.15) is 0 Å². The molecule has 200 valence electrons. The first-order valence-corrected chi connectivity index (χ1v) is 12.3. The van der Waals surface area contributed by atoms with Gasteiger partial charge in [0.15, 0.2) is 0 Å². The molecule has 0 heterocycles. The molecule has 0 unspecified atom stereocenters. The molecular formula is C32H26N2O6. The van der Waals surface area contributed by atoms with Crippen LogP contribution in [0.25, 0.3) is 12.2 Å². The first kappa shape index (κ1) is 27.5. The molecule has 0 aliphatic rings. The van der Waals surface area contributed by atoms with E-state index in [1.54, 1.807) is 72.8 Å². The molecular weight excluding hydrogens is 508 g/mol. The predicted molar refractivity (Wildman–Crippen MR) is 153 cm³/mol. The highest BCUT2D eigenvalue weighted by Gasteiger charge is 2.15. The molecule has 2 N–H and O–H groups in total. The number of rotatable bonds is 8. The van der Waals surface area contributed by atoms with Crippen molar-refractivity contribution in [3.63, 3.8) is 0 Å². The Morgan fingerprint density at radius 3 is 1.23 bits per heavy atom. The summed E-state index contributed by atoms with van der Waals surface area (Å²) in [4.78, 5) is 48.0. The van der Waals surface area contributed by atoms with Crippen LogP contribution in [-0.2, 0) is 9.59 Å². The van der Waals surface area contributed by atoms with Crippen LogP contribution in [0.4, 0.5) is 11.4 Å². The Labute approximate surface area is 231 Å². The second-order valence-corrected chi connectivity index (χ2v) is 8.67. The molecule has 0 saturated carbocycles. The van der Waals surface area contributed by atoms with Crippen LogP contribution in [0, 0.1) is 0 Å². The lowest BCUT2D eigenvalue weighted by atomic mass is 10.1. The van der Waals surface area contributed by atoms with E-state index in [1.165, 1.54) is 13.8 Å². The summed E-state index contributed by atoms with van der Waals surface area (Å²) in [7, 11) is 0. The number of hydrogen-bond acceptors (Lipinski definition) is 6. The van der Waals surface area contributed by atoms with Crippen LogP contribution in [0.5, 0.6) is 11.5 Å². The lowest BCUT2D eigenvalue weighted by Gasteiger charge is -2.10. The summed E-state index contributed by atoms with van der Waals surface area (Å²) in [5.74, 6) is -1.38. The summed E-state index contributed by atoms with van der Waals surface area (Å²) < 4.78 is 10.2. The summed E-state index contributed by atoms with van der Waals surface area (Å²) in [5, 5.41) is 5.61. The minimum absolute atomic E-state index is 0.199. The van der Waals surface area contributed by atoms with Gasteiger partial charge in [0.05, 0.1) is 11.1 Å². The topological polar surface area (TPSA) is 111 Å². The van der Waals surface area contributed by atoms with E-state index in [1.807, 2.05) is 36.4 Å². The molecule has 40 heavy (non-hydrogen) atoms. The highest BCUT2D eigenvalue weighted by Crippen LogP contribution is 2.22. The molecule has 0 fully saturated rings. The molecule has 4 rings (SSSR count). The number of ether oxygens (including phenoxy) is 2. The minimum Gasteiger partial charge on any atom is -0.426 e. The Morgan fingerprint density at radius 1 is 0.525 bits per heavy atom. The number of esters is 2. The lowest BCUT2D eigenvalue weighted by Crippen LogP contribution is -2.14. The number of amides is 2. The van der Waals surface area contributed by atoms with E-state index in [0.29, 0.717) is 11.4 Å². The molecule has 0 aromatic heterocycles. The smallest absolute Gasteiger partial charge is 0.308 e. The monoisotopic (exact) mass is 534 g/mol. The largest absolute Gasteiger partial charge is 0.426 e. The second-order valence-electron chi connectivity index (χ2n) is 8.67. The maximum Gasteiger partial charge on any atom is 0.308 e. The molecule has 4 aromatic carbocycles. The molecule has 8 nitrogen and oxygen atoms in total. The zero-order valence-corrected chi connectivity index (χ0v) is 21.8. The average molecular weight is 535 g/mol. The van der Waals surface area contributed by atoms with E-state index in [2.05, 4.69) is 10.6 Å². The summed E-state index contributed by atoms with van der Waals surface area (Å²) >= 11 is 0. The summed E-state index contributed by atoms with van der Waals surface area (Å²) in [5.41, 5.74) is 3.53. The molecule has 0 bridgehead atoms. The Hall–Kier alpha value is -5.50. The SMILES string of the molecule is CC(=O)Oc1ccccc1C(=O)Nc1ccc(/C=C/c2ccc(NC(=O)c3ccccc3OC(C)=O)cc2)cc1. The van der Waals surface area contributed by atoms with Crippen LogP contribution in [0.1, 0.15) is 45.7 Å². The molecule has 0 spiro atoms. The number of para-hydroxylation sites is 2. The maximum atomic E-state index is 12.7. The van der Waals surface area contributed by atoms with E-state index in [9.17, 15) is 19.2 Å². The van der Waals surface area contributed by atoms with E-state index >= 15 is 0 Å². The van der Waals surface area contributed by atoms with Crippen LogP contribution in [-0.4, -0.2) is 23.8 Å². The van der Waals surface area contributed by atoms with Crippen LogP contribution < -0.4 is 20.1 Å². The van der Waals surface area contributed by atoms with Crippen LogP contribution in [0.2, 0.25) is 0 Å². The van der Waals surface area contributed by atoms with Crippen molar-refractivity contribution in [2.45, 2.75) is 13.8 Å². The molecule has 4 aromatic rings. The number of anilines is 2. The van der Waals surface area contributed by atoms with Crippen molar-refractivity contribution in [3.05, 3.63) is 119 Å². The van der Waals surface area contributed by atoms with Gasteiger partial charge >= 0.3 is 11.9 Å². The van der Waals surface area contributed by atoms with E-state index in [0.717, 1.165) is 11.1 Å². The molecule has 0 aliphatic carbocycles. The van der Waals surface area contributed by atoms with E-state index in [4.69, 9.17) is 9.47 Å². The molecule has 0 radical (unpaired) electrons. The lowest BCUT2D eigenvalue weighted by molar-refractivity contribution is -0.132.